The Morgan fingerprint density at radius 2 is 2.11 bits per heavy atom. The van der Waals surface area contributed by atoms with Crippen molar-refractivity contribution in [1.29, 1.82) is 0 Å². The number of carbonyl (C=O) groups is 1. The molecule has 0 spiro atoms. The average Bonchev–Trinajstić information content (AvgIpc) is 2.76. The van der Waals surface area contributed by atoms with Crippen molar-refractivity contribution < 1.29 is 23.1 Å². The summed E-state index contributed by atoms with van der Waals surface area (Å²) >= 11 is 0. The summed E-state index contributed by atoms with van der Waals surface area (Å²) in [6, 6.07) is 1.46. The second-order valence-corrected chi connectivity index (χ2v) is 3.80. The second-order valence-electron chi connectivity index (χ2n) is 3.80. The smallest absolute Gasteiger partial charge is 0.419 e. The third-order valence-electron chi connectivity index (χ3n) is 2.48. The Bertz CT molecular complexity index is 634. The summed E-state index contributed by atoms with van der Waals surface area (Å²) < 4.78 is 38.2. The first-order valence-corrected chi connectivity index (χ1v) is 5.12. The first-order chi connectivity index (χ1) is 8.80. The highest BCUT2D eigenvalue weighted by Gasteiger charge is 2.32. The van der Waals surface area contributed by atoms with Crippen molar-refractivity contribution in [3.8, 4) is 5.82 Å². The number of nitrogens with zero attached hydrogens (tertiary/aromatic N) is 3. The molecule has 0 aliphatic heterocycles. The van der Waals surface area contributed by atoms with Crippen molar-refractivity contribution in [2.75, 3.05) is 0 Å². The first kappa shape index (κ1) is 13.1. The van der Waals surface area contributed by atoms with Crippen LogP contribution in [0.4, 0.5) is 13.2 Å². The molecular weight excluding hydrogens is 263 g/mol. The number of aryl methyl sites for hydroxylation is 1. The third-order valence-corrected chi connectivity index (χ3v) is 2.48. The second kappa shape index (κ2) is 4.38. The number of halogens is 3. The van der Waals surface area contributed by atoms with Crippen molar-refractivity contribution in [2.45, 2.75) is 13.1 Å². The van der Waals surface area contributed by atoms with E-state index in [0.717, 1.165) is 4.68 Å². The van der Waals surface area contributed by atoms with Crippen LogP contribution in [0, 0.1) is 6.92 Å². The maximum atomic E-state index is 12.5. The molecule has 8 heteroatoms. The summed E-state index contributed by atoms with van der Waals surface area (Å²) in [7, 11) is 0. The van der Waals surface area contributed by atoms with Gasteiger partial charge in [-0.3, -0.25) is 0 Å². The van der Waals surface area contributed by atoms with Gasteiger partial charge in [-0.2, -0.15) is 18.3 Å². The van der Waals surface area contributed by atoms with E-state index < -0.39 is 17.7 Å². The highest BCUT2D eigenvalue weighted by atomic mass is 19.4. The van der Waals surface area contributed by atoms with E-state index >= 15 is 0 Å². The van der Waals surface area contributed by atoms with E-state index in [0.29, 0.717) is 18.0 Å². The fourth-order valence-corrected chi connectivity index (χ4v) is 1.57. The molecule has 2 aromatic heterocycles. The lowest BCUT2D eigenvalue weighted by molar-refractivity contribution is -0.137. The van der Waals surface area contributed by atoms with Crippen molar-refractivity contribution >= 4 is 5.97 Å². The van der Waals surface area contributed by atoms with Gasteiger partial charge in [0, 0.05) is 12.4 Å². The predicted molar refractivity (Wildman–Crippen MR) is 58.1 cm³/mol. The summed E-state index contributed by atoms with van der Waals surface area (Å²) in [5.74, 6) is -1.42. The number of alkyl halides is 3. The number of carboxylic acid groups (broad SMARTS) is 1. The van der Waals surface area contributed by atoms with Crippen LogP contribution in [0.25, 0.3) is 5.82 Å². The molecule has 0 fully saturated rings. The molecule has 2 heterocycles. The van der Waals surface area contributed by atoms with Crippen molar-refractivity contribution in [3.63, 3.8) is 0 Å². The number of aromatic carboxylic acids is 1. The molecule has 0 saturated carbocycles. The molecule has 0 bridgehead atoms. The monoisotopic (exact) mass is 271 g/mol. The topological polar surface area (TPSA) is 68.0 Å². The van der Waals surface area contributed by atoms with Crippen LogP contribution in [0.5, 0.6) is 0 Å². The Kier molecular flexibility index (Phi) is 3.01. The zero-order valence-electron chi connectivity index (χ0n) is 9.64. The molecule has 0 aliphatic rings. The summed E-state index contributed by atoms with van der Waals surface area (Å²) in [6.45, 7) is 1.53. The molecule has 2 aromatic rings. The highest BCUT2D eigenvalue weighted by molar-refractivity contribution is 5.92. The highest BCUT2D eigenvalue weighted by Crippen LogP contribution is 2.29. The van der Waals surface area contributed by atoms with E-state index in [1.54, 1.807) is 0 Å². The summed E-state index contributed by atoms with van der Waals surface area (Å²) in [5.41, 5.74) is -0.756. The Morgan fingerprint density at radius 1 is 1.42 bits per heavy atom. The van der Waals surface area contributed by atoms with E-state index in [1.807, 2.05) is 0 Å². The molecule has 0 atom stereocenters. The minimum Gasteiger partial charge on any atom is -0.478 e. The van der Waals surface area contributed by atoms with Crippen molar-refractivity contribution in [2.24, 2.45) is 0 Å². The van der Waals surface area contributed by atoms with Crippen molar-refractivity contribution in [1.82, 2.24) is 14.8 Å². The van der Waals surface area contributed by atoms with Gasteiger partial charge in [0.25, 0.3) is 0 Å². The lowest BCUT2D eigenvalue weighted by Gasteiger charge is -2.07. The van der Waals surface area contributed by atoms with Crippen LogP contribution in [-0.4, -0.2) is 25.8 Å². The Labute approximate surface area is 105 Å². The minimum atomic E-state index is -4.54. The standard InChI is InChI=1S/C11H8F3N3O2/c1-6-2-3-15-9(8(6)10(18)19)17-5-7(4-16-17)11(12,13)14/h2-5H,1H3,(H,18,19). The SMILES string of the molecule is Cc1ccnc(-n2cc(C(F)(F)F)cn2)c1C(=O)O. The lowest BCUT2D eigenvalue weighted by atomic mass is 10.1. The Balaban J connectivity index is 2.57. The largest absolute Gasteiger partial charge is 0.478 e. The molecule has 0 aromatic carbocycles. The van der Waals surface area contributed by atoms with Gasteiger partial charge in [-0.05, 0) is 18.6 Å². The number of hydrogen-bond donors (Lipinski definition) is 1. The molecule has 1 N–H and O–H groups in total. The molecule has 19 heavy (non-hydrogen) atoms. The molecule has 0 unspecified atom stereocenters. The fourth-order valence-electron chi connectivity index (χ4n) is 1.57. The normalized spacial score (nSPS) is 11.6. The van der Waals surface area contributed by atoms with Crippen LogP contribution >= 0.6 is 0 Å². The van der Waals surface area contributed by atoms with Crippen LogP contribution in [0.15, 0.2) is 24.7 Å². The zero-order valence-corrected chi connectivity index (χ0v) is 9.64. The van der Waals surface area contributed by atoms with E-state index in [9.17, 15) is 18.0 Å². The lowest BCUT2D eigenvalue weighted by Crippen LogP contribution is -2.10. The van der Waals surface area contributed by atoms with Gasteiger partial charge in [0.15, 0.2) is 5.82 Å². The van der Waals surface area contributed by atoms with Gasteiger partial charge in [-0.15, -0.1) is 0 Å². The van der Waals surface area contributed by atoms with Crippen LogP contribution in [0.1, 0.15) is 21.5 Å². The summed E-state index contributed by atoms with van der Waals surface area (Å²) in [5, 5.41) is 12.6. The minimum absolute atomic E-state index is 0.150. The predicted octanol–water partition coefficient (Wildman–Crippen LogP) is 2.29. The maximum absolute atomic E-state index is 12.5. The number of rotatable bonds is 2. The van der Waals surface area contributed by atoms with E-state index in [2.05, 4.69) is 10.1 Å². The zero-order chi connectivity index (χ0) is 14.2. The van der Waals surface area contributed by atoms with Gasteiger partial charge in [0.1, 0.15) is 5.56 Å². The quantitative estimate of drug-likeness (QED) is 0.909. The number of carboxylic acids is 1. The van der Waals surface area contributed by atoms with Gasteiger partial charge in [0.05, 0.1) is 11.8 Å². The molecule has 0 radical (unpaired) electrons. The molecule has 5 nitrogen and oxygen atoms in total. The van der Waals surface area contributed by atoms with E-state index in [-0.39, 0.29) is 11.4 Å². The molecule has 100 valence electrons. The Hall–Kier alpha value is -2.38. The van der Waals surface area contributed by atoms with Crippen LogP contribution in [0.2, 0.25) is 0 Å². The van der Waals surface area contributed by atoms with Gasteiger partial charge in [-0.1, -0.05) is 0 Å². The Morgan fingerprint density at radius 3 is 2.63 bits per heavy atom. The number of pyridine rings is 1. The van der Waals surface area contributed by atoms with E-state index in [1.165, 1.54) is 19.2 Å². The fraction of sp³-hybridized carbons (Fsp3) is 0.182. The maximum Gasteiger partial charge on any atom is 0.419 e. The first-order valence-electron chi connectivity index (χ1n) is 5.12. The third kappa shape index (κ3) is 2.42. The molecule has 0 saturated heterocycles. The van der Waals surface area contributed by atoms with E-state index in [4.69, 9.17) is 5.11 Å². The van der Waals surface area contributed by atoms with Gasteiger partial charge < -0.3 is 5.11 Å². The summed E-state index contributed by atoms with van der Waals surface area (Å²) in [6.07, 6.45) is -1.90. The molecule has 2 rings (SSSR count). The van der Waals surface area contributed by atoms with Gasteiger partial charge in [-0.25, -0.2) is 14.5 Å². The number of aromatic nitrogens is 3. The van der Waals surface area contributed by atoms with Crippen LogP contribution in [0.3, 0.4) is 0 Å². The molecule has 0 amide bonds. The number of hydrogen-bond acceptors (Lipinski definition) is 3. The molecule has 0 aliphatic carbocycles. The van der Waals surface area contributed by atoms with Crippen LogP contribution < -0.4 is 0 Å². The average molecular weight is 271 g/mol. The van der Waals surface area contributed by atoms with Crippen molar-refractivity contribution in [3.05, 3.63) is 41.3 Å². The molecular formula is C11H8F3N3O2. The van der Waals surface area contributed by atoms with Crippen LogP contribution in [-0.2, 0) is 6.18 Å². The van der Waals surface area contributed by atoms with Gasteiger partial charge >= 0.3 is 12.1 Å². The summed E-state index contributed by atoms with van der Waals surface area (Å²) in [4.78, 5) is 14.9. The van der Waals surface area contributed by atoms with Gasteiger partial charge in [0.2, 0.25) is 0 Å².